The molecule has 3 aliphatic rings. The van der Waals surface area contributed by atoms with Crippen LogP contribution in [0.25, 0.3) is 5.65 Å². The molecule has 184 valence electrons. The number of carbonyl (C=O) groups excluding carboxylic acids is 4. The fourth-order valence-electron chi connectivity index (χ4n) is 5.61. The lowest BCUT2D eigenvalue weighted by Crippen LogP contribution is -2.52. The maximum absolute atomic E-state index is 14.6. The molecule has 1 N–H and O–H groups in total. The number of aromatic nitrogens is 2. The first-order valence-electron chi connectivity index (χ1n) is 12.1. The van der Waals surface area contributed by atoms with Gasteiger partial charge in [-0.15, -0.1) is 0 Å². The second-order valence-electron chi connectivity index (χ2n) is 9.58. The van der Waals surface area contributed by atoms with E-state index >= 15 is 0 Å². The molecule has 36 heavy (non-hydrogen) atoms. The molecule has 9 nitrogen and oxygen atoms in total. The third-order valence-electron chi connectivity index (χ3n) is 7.46. The van der Waals surface area contributed by atoms with Crippen LogP contribution in [0.1, 0.15) is 63.6 Å². The van der Waals surface area contributed by atoms with Crippen LogP contribution in [-0.4, -0.2) is 61.9 Å². The number of rotatable bonds is 3. The quantitative estimate of drug-likeness (QED) is 0.569. The molecule has 2 saturated heterocycles. The Kier molecular flexibility index (Phi) is 5.31. The summed E-state index contributed by atoms with van der Waals surface area (Å²) in [6.07, 6.45) is 5.24. The first kappa shape index (κ1) is 22.4. The number of imide groups is 1. The second kappa shape index (κ2) is 8.54. The maximum atomic E-state index is 14.6. The molecule has 3 aliphatic heterocycles. The first-order valence-corrected chi connectivity index (χ1v) is 12.1. The molecule has 4 amide bonds. The highest BCUT2D eigenvalue weighted by molar-refractivity contribution is 6.05. The number of imidazole rings is 1. The van der Waals surface area contributed by atoms with Crippen molar-refractivity contribution in [2.45, 2.75) is 44.2 Å². The predicted octanol–water partition coefficient (Wildman–Crippen LogP) is 2.25. The van der Waals surface area contributed by atoms with E-state index < -0.39 is 17.8 Å². The number of likely N-dealkylation sites (tertiary alicyclic amines) is 1. The van der Waals surface area contributed by atoms with Gasteiger partial charge in [0.05, 0.1) is 0 Å². The monoisotopic (exact) mass is 489 g/mol. The number of hydrogen-bond donors (Lipinski definition) is 1. The van der Waals surface area contributed by atoms with E-state index in [-0.39, 0.29) is 48.6 Å². The minimum atomic E-state index is -0.747. The highest BCUT2D eigenvalue weighted by atomic mass is 19.1. The number of fused-ring (bicyclic) bond motifs is 2. The average molecular weight is 490 g/mol. The zero-order valence-corrected chi connectivity index (χ0v) is 19.4. The molecule has 0 spiro atoms. The lowest BCUT2D eigenvalue weighted by Gasteiger charge is -2.33. The minimum absolute atomic E-state index is 0.0194. The van der Waals surface area contributed by atoms with Gasteiger partial charge in [-0.1, -0.05) is 6.07 Å². The molecular weight excluding hydrogens is 465 g/mol. The van der Waals surface area contributed by atoms with E-state index in [1.54, 1.807) is 15.5 Å². The van der Waals surface area contributed by atoms with Gasteiger partial charge in [-0.2, -0.15) is 0 Å². The van der Waals surface area contributed by atoms with E-state index in [9.17, 15) is 23.6 Å². The van der Waals surface area contributed by atoms with Crippen LogP contribution in [0, 0.1) is 5.82 Å². The van der Waals surface area contributed by atoms with Gasteiger partial charge >= 0.3 is 0 Å². The Morgan fingerprint density at radius 2 is 1.89 bits per heavy atom. The highest BCUT2D eigenvalue weighted by Crippen LogP contribution is 2.38. The van der Waals surface area contributed by atoms with E-state index in [2.05, 4.69) is 10.3 Å². The summed E-state index contributed by atoms with van der Waals surface area (Å²) in [5.41, 5.74) is 2.86. The van der Waals surface area contributed by atoms with Crippen molar-refractivity contribution in [1.29, 1.82) is 0 Å². The average Bonchev–Trinajstić information content (AvgIpc) is 3.45. The van der Waals surface area contributed by atoms with Crippen molar-refractivity contribution in [3.05, 3.63) is 70.9 Å². The largest absolute Gasteiger partial charge is 0.337 e. The molecule has 2 aromatic heterocycles. The SMILES string of the molecule is O=C1CCC(N2Cc3c(cc(F)cc3C3CCN(C(=O)c4cn5ccccc5n4)CC3)C2=O)C(=O)N1. The Labute approximate surface area is 205 Å². The van der Waals surface area contributed by atoms with Crippen LogP contribution in [0.2, 0.25) is 0 Å². The molecule has 10 heteroatoms. The van der Waals surface area contributed by atoms with Crippen molar-refractivity contribution in [1.82, 2.24) is 24.5 Å². The fourth-order valence-corrected chi connectivity index (χ4v) is 5.61. The lowest BCUT2D eigenvalue weighted by atomic mass is 9.85. The summed E-state index contributed by atoms with van der Waals surface area (Å²) in [5.74, 6) is -1.88. The van der Waals surface area contributed by atoms with Gasteiger partial charge < -0.3 is 14.2 Å². The summed E-state index contributed by atoms with van der Waals surface area (Å²) in [6.45, 7) is 1.19. The van der Waals surface area contributed by atoms with Gasteiger partial charge in [0.25, 0.3) is 11.8 Å². The van der Waals surface area contributed by atoms with Gasteiger partial charge in [-0.25, -0.2) is 9.37 Å². The summed E-state index contributed by atoms with van der Waals surface area (Å²) < 4.78 is 16.4. The van der Waals surface area contributed by atoms with Gasteiger partial charge in [0.2, 0.25) is 11.8 Å². The van der Waals surface area contributed by atoms with E-state index in [1.165, 1.54) is 17.0 Å². The summed E-state index contributed by atoms with van der Waals surface area (Å²) in [5, 5.41) is 2.29. The third-order valence-corrected chi connectivity index (χ3v) is 7.46. The topological polar surface area (TPSA) is 104 Å². The Morgan fingerprint density at radius 1 is 1.08 bits per heavy atom. The molecule has 0 aliphatic carbocycles. The Balaban J connectivity index is 1.19. The van der Waals surface area contributed by atoms with Crippen molar-refractivity contribution < 1.29 is 23.6 Å². The van der Waals surface area contributed by atoms with Crippen molar-refractivity contribution in [2.75, 3.05) is 13.1 Å². The van der Waals surface area contributed by atoms with Crippen molar-refractivity contribution >= 4 is 29.3 Å². The number of hydrogen-bond acceptors (Lipinski definition) is 5. The lowest BCUT2D eigenvalue weighted by molar-refractivity contribution is -0.136. The Bertz CT molecular complexity index is 1390. The van der Waals surface area contributed by atoms with E-state index in [0.29, 0.717) is 37.3 Å². The molecule has 0 radical (unpaired) electrons. The summed E-state index contributed by atoms with van der Waals surface area (Å²) in [7, 11) is 0. The summed E-state index contributed by atoms with van der Waals surface area (Å²) >= 11 is 0. The van der Waals surface area contributed by atoms with E-state index in [4.69, 9.17) is 0 Å². The van der Waals surface area contributed by atoms with Crippen LogP contribution >= 0.6 is 0 Å². The molecular formula is C26H24FN5O4. The Hall–Kier alpha value is -4.08. The standard InChI is InChI=1S/C26H24FN5O4/c27-16-11-17(19-13-32(25(35)18(19)12-16)21-4-5-23(33)29-24(21)34)15-6-9-30(10-7-15)26(36)20-14-31-8-2-1-3-22(31)28-20/h1-3,8,11-12,14-15,21H,4-7,9-10,13H2,(H,29,33,34). The fraction of sp³-hybridized carbons (Fsp3) is 0.346. The highest BCUT2D eigenvalue weighted by Gasteiger charge is 2.41. The molecule has 0 saturated carbocycles. The number of carbonyl (C=O) groups is 4. The number of nitrogens with zero attached hydrogens (tertiary/aromatic N) is 4. The molecule has 1 unspecified atom stereocenters. The summed E-state index contributed by atoms with van der Waals surface area (Å²) in [6, 6.07) is 7.54. The van der Waals surface area contributed by atoms with Gasteiger partial charge in [0.1, 0.15) is 23.2 Å². The minimum Gasteiger partial charge on any atom is -0.337 e. The number of piperidine rings is 2. The van der Waals surface area contributed by atoms with Crippen LogP contribution in [0.5, 0.6) is 0 Å². The van der Waals surface area contributed by atoms with Gasteiger partial charge in [-0.05, 0) is 60.6 Å². The number of halogens is 1. The van der Waals surface area contributed by atoms with Crippen molar-refractivity contribution in [2.24, 2.45) is 0 Å². The number of pyridine rings is 1. The van der Waals surface area contributed by atoms with Gasteiger partial charge in [0.15, 0.2) is 0 Å². The van der Waals surface area contributed by atoms with Crippen molar-refractivity contribution in [3.63, 3.8) is 0 Å². The summed E-state index contributed by atoms with van der Waals surface area (Å²) in [4.78, 5) is 57.7. The third kappa shape index (κ3) is 3.73. The van der Waals surface area contributed by atoms with Crippen LogP contribution in [0.15, 0.2) is 42.7 Å². The van der Waals surface area contributed by atoms with E-state index in [1.807, 2.05) is 24.4 Å². The molecule has 0 bridgehead atoms. The number of amides is 4. The molecule has 1 aromatic carbocycles. The smallest absolute Gasteiger partial charge is 0.274 e. The molecule has 1 atom stereocenters. The zero-order chi connectivity index (χ0) is 25.0. The Morgan fingerprint density at radius 3 is 2.64 bits per heavy atom. The van der Waals surface area contributed by atoms with Gasteiger partial charge in [0, 0.05) is 44.0 Å². The predicted molar refractivity (Wildman–Crippen MR) is 126 cm³/mol. The van der Waals surface area contributed by atoms with E-state index in [0.717, 1.165) is 11.1 Å². The second-order valence-corrected chi connectivity index (χ2v) is 9.58. The number of benzene rings is 1. The molecule has 6 rings (SSSR count). The van der Waals surface area contributed by atoms with Crippen LogP contribution in [-0.2, 0) is 16.1 Å². The number of nitrogens with one attached hydrogen (secondary N) is 1. The first-order chi connectivity index (χ1) is 17.4. The zero-order valence-electron chi connectivity index (χ0n) is 19.4. The van der Waals surface area contributed by atoms with Crippen molar-refractivity contribution in [3.8, 4) is 0 Å². The van der Waals surface area contributed by atoms with Gasteiger partial charge in [-0.3, -0.25) is 24.5 Å². The van der Waals surface area contributed by atoms with Crippen LogP contribution < -0.4 is 5.32 Å². The van der Waals surface area contributed by atoms with Crippen LogP contribution in [0.4, 0.5) is 4.39 Å². The maximum Gasteiger partial charge on any atom is 0.274 e. The van der Waals surface area contributed by atoms with Crippen LogP contribution in [0.3, 0.4) is 0 Å². The molecule has 2 fully saturated rings. The molecule has 3 aromatic rings. The molecule has 5 heterocycles. The normalized spacial score (nSPS) is 20.7.